The first-order chi connectivity index (χ1) is 8.78. The SMILES string of the molecule is N#Cc1ccc2ncc(-c3cncc(Cl)n3)n2c1. The molecule has 0 aliphatic carbocycles. The number of nitriles is 1. The summed E-state index contributed by atoms with van der Waals surface area (Å²) >= 11 is 5.82. The third kappa shape index (κ3) is 1.69. The molecule has 0 atom stereocenters. The molecule has 0 amide bonds. The van der Waals surface area contributed by atoms with Gasteiger partial charge in [-0.2, -0.15) is 5.26 Å². The molecule has 0 aliphatic heterocycles. The minimum Gasteiger partial charge on any atom is -0.297 e. The van der Waals surface area contributed by atoms with Gasteiger partial charge in [-0.25, -0.2) is 9.97 Å². The van der Waals surface area contributed by atoms with Crippen molar-refractivity contribution in [2.45, 2.75) is 0 Å². The predicted molar refractivity (Wildman–Crippen MR) is 65.9 cm³/mol. The van der Waals surface area contributed by atoms with Crippen LogP contribution in [0.1, 0.15) is 5.56 Å². The van der Waals surface area contributed by atoms with E-state index in [9.17, 15) is 0 Å². The molecule has 86 valence electrons. The maximum Gasteiger partial charge on any atom is 0.148 e. The van der Waals surface area contributed by atoms with Gasteiger partial charge < -0.3 is 0 Å². The number of hydrogen-bond acceptors (Lipinski definition) is 4. The normalized spacial score (nSPS) is 10.4. The summed E-state index contributed by atoms with van der Waals surface area (Å²) in [7, 11) is 0. The number of fused-ring (bicyclic) bond motifs is 1. The monoisotopic (exact) mass is 255 g/mol. The molecule has 3 aromatic heterocycles. The van der Waals surface area contributed by atoms with Crippen molar-refractivity contribution in [3.63, 3.8) is 0 Å². The molecule has 0 saturated heterocycles. The highest BCUT2D eigenvalue weighted by atomic mass is 35.5. The van der Waals surface area contributed by atoms with Crippen LogP contribution in [0.3, 0.4) is 0 Å². The molecule has 0 spiro atoms. The van der Waals surface area contributed by atoms with Crippen LogP contribution in [0, 0.1) is 11.3 Å². The first-order valence-electron chi connectivity index (χ1n) is 5.13. The van der Waals surface area contributed by atoms with E-state index in [0.717, 1.165) is 11.3 Å². The van der Waals surface area contributed by atoms with Crippen molar-refractivity contribution in [1.29, 1.82) is 5.26 Å². The third-order valence-corrected chi connectivity index (χ3v) is 2.68. The fourth-order valence-corrected chi connectivity index (χ4v) is 1.85. The number of hydrogen-bond donors (Lipinski definition) is 0. The average Bonchev–Trinajstić information content (AvgIpc) is 2.81. The van der Waals surface area contributed by atoms with Gasteiger partial charge >= 0.3 is 0 Å². The molecule has 6 heteroatoms. The van der Waals surface area contributed by atoms with Crippen LogP contribution in [0.15, 0.2) is 36.9 Å². The summed E-state index contributed by atoms with van der Waals surface area (Å²) in [6, 6.07) is 5.58. The number of nitrogens with zero attached hydrogens (tertiary/aromatic N) is 5. The molecule has 0 aromatic carbocycles. The molecule has 18 heavy (non-hydrogen) atoms. The summed E-state index contributed by atoms with van der Waals surface area (Å²) in [6.45, 7) is 0. The predicted octanol–water partition coefficient (Wildman–Crippen LogP) is 2.32. The van der Waals surface area contributed by atoms with Crippen molar-refractivity contribution in [3.05, 3.63) is 47.6 Å². The number of aromatic nitrogens is 4. The second-order valence-corrected chi connectivity index (χ2v) is 4.02. The Kier molecular flexibility index (Phi) is 2.43. The summed E-state index contributed by atoms with van der Waals surface area (Å²) in [6.07, 6.45) is 6.46. The second-order valence-electron chi connectivity index (χ2n) is 3.63. The molecule has 3 rings (SSSR count). The summed E-state index contributed by atoms with van der Waals surface area (Å²) in [5.41, 5.74) is 2.66. The minimum atomic E-state index is 0.318. The molecule has 0 saturated carbocycles. The zero-order chi connectivity index (χ0) is 12.5. The van der Waals surface area contributed by atoms with Crippen molar-refractivity contribution >= 4 is 17.2 Å². The quantitative estimate of drug-likeness (QED) is 0.669. The van der Waals surface area contributed by atoms with Gasteiger partial charge in [-0.05, 0) is 12.1 Å². The lowest BCUT2D eigenvalue weighted by molar-refractivity contribution is 1.13. The summed E-state index contributed by atoms with van der Waals surface area (Å²) in [4.78, 5) is 12.4. The zero-order valence-corrected chi connectivity index (χ0v) is 9.83. The Labute approximate surface area is 107 Å². The van der Waals surface area contributed by atoms with Gasteiger partial charge in [0.25, 0.3) is 0 Å². The molecule has 0 unspecified atom stereocenters. The van der Waals surface area contributed by atoms with E-state index in [2.05, 4.69) is 21.0 Å². The average molecular weight is 256 g/mol. The van der Waals surface area contributed by atoms with Gasteiger partial charge in [-0.3, -0.25) is 9.38 Å². The van der Waals surface area contributed by atoms with Gasteiger partial charge in [-0.15, -0.1) is 0 Å². The molecular weight excluding hydrogens is 250 g/mol. The van der Waals surface area contributed by atoms with Crippen molar-refractivity contribution in [1.82, 2.24) is 19.4 Å². The van der Waals surface area contributed by atoms with Crippen LogP contribution in [-0.2, 0) is 0 Å². The van der Waals surface area contributed by atoms with Crippen molar-refractivity contribution < 1.29 is 0 Å². The van der Waals surface area contributed by atoms with E-state index in [1.54, 1.807) is 35.1 Å². The van der Waals surface area contributed by atoms with E-state index in [0.29, 0.717) is 16.4 Å². The lowest BCUT2D eigenvalue weighted by atomic mass is 10.3. The molecular formula is C12H6ClN5. The molecule has 5 nitrogen and oxygen atoms in total. The van der Waals surface area contributed by atoms with E-state index >= 15 is 0 Å². The van der Waals surface area contributed by atoms with Crippen LogP contribution in [0.2, 0.25) is 5.15 Å². The number of imidazole rings is 1. The van der Waals surface area contributed by atoms with E-state index in [1.165, 1.54) is 6.20 Å². The summed E-state index contributed by atoms with van der Waals surface area (Å²) in [5, 5.41) is 9.23. The second kappa shape index (κ2) is 4.09. The Morgan fingerprint density at radius 3 is 2.89 bits per heavy atom. The van der Waals surface area contributed by atoms with Gasteiger partial charge in [0.05, 0.1) is 29.8 Å². The zero-order valence-electron chi connectivity index (χ0n) is 9.08. The molecule has 0 fully saturated rings. The highest BCUT2D eigenvalue weighted by molar-refractivity contribution is 6.29. The first kappa shape index (κ1) is 10.7. The van der Waals surface area contributed by atoms with Crippen LogP contribution in [0.4, 0.5) is 0 Å². The largest absolute Gasteiger partial charge is 0.297 e. The molecule has 0 N–H and O–H groups in total. The summed E-state index contributed by atoms with van der Waals surface area (Å²) < 4.78 is 1.79. The van der Waals surface area contributed by atoms with Gasteiger partial charge in [0, 0.05) is 6.20 Å². The van der Waals surface area contributed by atoms with Crippen LogP contribution >= 0.6 is 11.6 Å². The van der Waals surface area contributed by atoms with Crippen LogP contribution in [-0.4, -0.2) is 19.4 Å². The highest BCUT2D eigenvalue weighted by Gasteiger charge is 2.08. The third-order valence-electron chi connectivity index (χ3n) is 2.50. The molecule has 3 heterocycles. The van der Waals surface area contributed by atoms with Crippen LogP contribution in [0.25, 0.3) is 17.0 Å². The fourth-order valence-electron chi connectivity index (χ4n) is 1.70. The smallest absolute Gasteiger partial charge is 0.148 e. The summed E-state index contributed by atoms with van der Waals surface area (Å²) in [5.74, 6) is 0. The van der Waals surface area contributed by atoms with Gasteiger partial charge in [0.15, 0.2) is 0 Å². The standard InChI is InChI=1S/C12H6ClN5/c13-11-6-15-4-9(17-11)10-5-16-12-2-1-8(3-14)7-18(10)12/h1-2,4-7H. The Morgan fingerprint density at radius 1 is 1.22 bits per heavy atom. The lowest BCUT2D eigenvalue weighted by Gasteiger charge is -2.01. The van der Waals surface area contributed by atoms with Crippen LogP contribution < -0.4 is 0 Å². The van der Waals surface area contributed by atoms with Gasteiger partial charge in [0.2, 0.25) is 0 Å². The van der Waals surface area contributed by atoms with E-state index in [-0.39, 0.29) is 0 Å². The highest BCUT2D eigenvalue weighted by Crippen LogP contribution is 2.19. The van der Waals surface area contributed by atoms with Gasteiger partial charge in [0.1, 0.15) is 22.6 Å². The van der Waals surface area contributed by atoms with E-state index < -0.39 is 0 Å². The lowest BCUT2D eigenvalue weighted by Crippen LogP contribution is -1.92. The Hall–Kier alpha value is -2.45. The molecule has 0 aliphatic rings. The van der Waals surface area contributed by atoms with Crippen LogP contribution in [0.5, 0.6) is 0 Å². The number of rotatable bonds is 1. The molecule has 0 bridgehead atoms. The molecule has 0 radical (unpaired) electrons. The van der Waals surface area contributed by atoms with Gasteiger partial charge in [-0.1, -0.05) is 11.6 Å². The first-order valence-corrected chi connectivity index (χ1v) is 5.51. The Morgan fingerprint density at radius 2 is 2.11 bits per heavy atom. The Bertz CT molecular complexity index is 771. The number of halogens is 1. The van der Waals surface area contributed by atoms with Crippen molar-refractivity contribution in [2.75, 3.05) is 0 Å². The van der Waals surface area contributed by atoms with Crippen molar-refractivity contribution in [3.8, 4) is 17.5 Å². The maximum atomic E-state index is 8.91. The topological polar surface area (TPSA) is 66.9 Å². The minimum absolute atomic E-state index is 0.318. The van der Waals surface area contributed by atoms with E-state index in [4.69, 9.17) is 16.9 Å². The Balaban J connectivity index is 2.27. The fraction of sp³-hybridized carbons (Fsp3) is 0. The maximum absolute atomic E-state index is 8.91. The number of pyridine rings is 1. The van der Waals surface area contributed by atoms with E-state index in [1.807, 2.05) is 0 Å². The van der Waals surface area contributed by atoms with Crippen molar-refractivity contribution in [2.24, 2.45) is 0 Å². The molecule has 3 aromatic rings.